The Bertz CT molecular complexity index is 719. The number of carbonyl (C=O) groups excluding carboxylic acids is 1. The first-order valence-electron chi connectivity index (χ1n) is 9.79. The van der Waals surface area contributed by atoms with E-state index in [1.165, 1.54) is 17.5 Å². The number of carbonyl (C=O) groups is 1. The third-order valence-electron chi connectivity index (χ3n) is 7.11. The lowest BCUT2D eigenvalue weighted by molar-refractivity contribution is -0.129. The number of ketones is 1. The predicted molar refractivity (Wildman–Crippen MR) is 96.4 cm³/mol. The molecule has 0 bridgehead atoms. The van der Waals surface area contributed by atoms with Gasteiger partial charge in [0, 0.05) is 18.3 Å². The van der Waals surface area contributed by atoms with E-state index in [-0.39, 0.29) is 5.41 Å². The Balaban J connectivity index is 1.51. The number of nitriles is 1. The molecule has 132 valence electrons. The summed E-state index contributed by atoms with van der Waals surface area (Å²) in [5.41, 5.74) is 2.90. The summed E-state index contributed by atoms with van der Waals surface area (Å²) in [5.74, 6) is 3.35. The maximum Gasteiger partial charge on any atom is 0.139 e. The zero-order chi connectivity index (χ0) is 17.4. The molecule has 1 aromatic carbocycles. The fourth-order valence-electron chi connectivity index (χ4n) is 5.76. The van der Waals surface area contributed by atoms with Crippen molar-refractivity contribution in [3.8, 4) is 11.8 Å². The molecule has 4 atom stereocenters. The van der Waals surface area contributed by atoms with Crippen LogP contribution in [0.3, 0.4) is 0 Å². The molecule has 2 fully saturated rings. The fraction of sp³-hybridized carbons (Fsp3) is 0.636. The number of rotatable bonds is 4. The Kier molecular flexibility index (Phi) is 4.31. The van der Waals surface area contributed by atoms with Crippen LogP contribution in [-0.4, -0.2) is 12.4 Å². The van der Waals surface area contributed by atoms with Crippen LogP contribution in [0.15, 0.2) is 18.2 Å². The van der Waals surface area contributed by atoms with Crippen LogP contribution >= 0.6 is 0 Å². The van der Waals surface area contributed by atoms with Gasteiger partial charge < -0.3 is 4.74 Å². The van der Waals surface area contributed by atoms with Gasteiger partial charge >= 0.3 is 0 Å². The summed E-state index contributed by atoms with van der Waals surface area (Å²) in [4.78, 5) is 12.4. The van der Waals surface area contributed by atoms with Gasteiger partial charge in [0.05, 0.1) is 12.7 Å². The summed E-state index contributed by atoms with van der Waals surface area (Å²) in [7, 11) is 0. The van der Waals surface area contributed by atoms with Crippen LogP contribution in [0.5, 0.6) is 5.75 Å². The number of hydrogen-bond donors (Lipinski definition) is 0. The zero-order valence-electron chi connectivity index (χ0n) is 15.1. The molecule has 0 saturated heterocycles. The molecule has 25 heavy (non-hydrogen) atoms. The van der Waals surface area contributed by atoms with E-state index in [1.807, 2.05) is 0 Å². The lowest BCUT2D eigenvalue weighted by atomic mass is 9.55. The van der Waals surface area contributed by atoms with Gasteiger partial charge in [-0.15, -0.1) is 0 Å². The van der Waals surface area contributed by atoms with Gasteiger partial charge in [0.15, 0.2) is 0 Å². The molecule has 1 aromatic rings. The quantitative estimate of drug-likeness (QED) is 0.742. The highest BCUT2D eigenvalue weighted by Crippen LogP contribution is 2.59. The third kappa shape index (κ3) is 2.76. The van der Waals surface area contributed by atoms with E-state index >= 15 is 0 Å². The molecule has 0 aliphatic heterocycles. The Morgan fingerprint density at radius 1 is 1.28 bits per heavy atom. The van der Waals surface area contributed by atoms with Gasteiger partial charge in [-0.25, -0.2) is 0 Å². The minimum absolute atomic E-state index is 0.0392. The van der Waals surface area contributed by atoms with Crippen LogP contribution in [0.25, 0.3) is 0 Å². The van der Waals surface area contributed by atoms with Gasteiger partial charge in [-0.2, -0.15) is 5.26 Å². The smallest absolute Gasteiger partial charge is 0.139 e. The fourth-order valence-corrected chi connectivity index (χ4v) is 5.76. The van der Waals surface area contributed by atoms with Gasteiger partial charge in [-0.05, 0) is 79.5 Å². The first-order valence-corrected chi connectivity index (χ1v) is 9.79. The van der Waals surface area contributed by atoms with E-state index in [4.69, 9.17) is 10.00 Å². The second kappa shape index (κ2) is 6.48. The lowest BCUT2D eigenvalue weighted by Crippen LogP contribution is -2.42. The van der Waals surface area contributed by atoms with Gasteiger partial charge in [-0.1, -0.05) is 13.0 Å². The van der Waals surface area contributed by atoms with E-state index in [2.05, 4.69) is 31.2 Å². The van der Waals surface area contributed by atoms with Crippen molar-refractivity contribution in [2.24, 2.45) is 17.3 Å². The minimum Gasteiger partial charge on any atom is -0.494 e. The summed E-state index contributed by atoms with van der Waals surface area (Å²) >= 11 is 0. The maximum atomic E-state index is 12.4. The van der Waals surface area contributed by atoms with Gasteiger partial charge in [0.2, 0.25) is 0 Å². The van der Waals surface area contributed by atoms with Crippen molar-refractivity contribution in [2.45, 2.75) is 64.2 Å². The van der Waals surface area contributed by atoms with E-state index < -0.39 is 0 Å². The second-order valence-corrected chi connectivity index (χ2v) is 8.30. The topological polar surface area (TPSA) is 50.1 Å². The number of aryl methyl sites for hydroxylation is 1. The van der Waals surface area contributed by atoms with Crippen LogP contribution in [0.1, 0.15) is 68.9 Å². The largest absolute Gasteiger partial charge is 0.494 e. The molecule has 0 spiro atoms. The summed E-state index contributed by atoms with van der Waals surface area (Å²) in [6, 6.07) is 8.74. The minimum atomic E-state index is -0.0392. The highest BCUT2D eigenvalue weighted by molar-refractivity contribution is 5.87. The van der Waals surface area contributed by atoms with Crippen molar-refractivity contribution in [1.29, 1.82) is 5.26 Å². The standard InChI is InChI=1S/C22H27NO2/c1-22-11-10-18-17-7-5-16(25-13-3-2-12-23)14-15(17)4-6-19(18)20(22)8-9-21(22)24/h5,7,14,18-20H,2-4,6,8-11,13H2,1H3/t18-,19-,20-,22+/m1/s1. The van der Waals surface area contributed by atoms with Crippen LogP contribution in [-0.2, 0) is 11.2 Å². The Morgan fingerprint density at radius 2 is 2.16 bits per heavy atom. The SMILES string of the molecule is C[C@]12CC[C@@H]3c4ccc(OCCCC#N)cc4CC[C@H]3[C@H]1CCC2=O. The third-order valence-corrected chi connectivity index (χ3v) is 7.11. The lowest BCUT2D eigenvalue weighted by Gasteiger charge is -2.48. The summed E-state index contributed by atoms with van der Waals surface area (Å²) in [6.07, 6.45) is 7.76. The Labute approximate surface area is 150 Å². The highest BCUT2D eigenvalue weighted by Gasteiger charge is 2.54. The van der Waals surface area contributed by atoms with Crippen molar-refractivity contribution < 1.29 is 9.53 Å². The zero-order valence-corrected chi connectivity index (χ0v) is 15.1. The van der Waals surface area contributed by atoms with Crippen molar-refractivity contribution in [1.82, 2.24) is 0 Å². The molecule has 0 amide bonds. The molecule has 4 rings (SSSR count). The number of benzene rings is 1. The van der Waals surface area contributed by atoms with Crippen molar-refractivity contribution in [3.63, 3.8) is 0 Å². The average Bonchev–Trinajstić information content (AvgIpc) is 2.93. The number of unbranched alkanes of at least 4 members (excludes halogenated alkanes) is 1. The molecule has 0 N–H and O–H groups in total. The second-order valence-electron chi connectivity index (χ2n) is 8.30. The number of ether oxygens (including phenoxy) is 1. The molecule has 0 aromatic heterocycles. The van der Waals surface area contributed by atoms with Gasteiger partial charge in [0.25, 0.3) is 0 Å². The Morgan fingerprint density at radius 3 is 3.00 bits per heavy atom. The molecule has 0 heterocycles. The summed E-state index contributed by atoms with van der Waals surface area (Å²) < 4.78 is 5.81. The number of Topliss-reactive ketones (excluding diaryl/α,β-unsaturated/α-hetero) is 1. The Hall–Kier alpha value is -1.82. The number of fused-ring (bicyclic) bond motifs is 5. The van der Waals surface area contributed by atoms with Crippen LogP contribution in [0.2, 0.25) is 0 Å². The monoisotopic (exact) mass is 337 g/mol. The number of hydrogen-bond acceptors (Lipinski definition) is 3. The molecule has 2 saturated carbocycles. The summed E-state index contributed by atoms with van der Waals surface area (Å²) in [5, 5.41) is 8.60. The molecule has 3 aliphatic rings. The van der Waals surface area contributed by atoms with Crippen molar-refractivity contribution >= 4 is 5.78 Å². The first-order chi connectivity index (χ1) is 12.1. The highest BCUT2D eigenvalue weighted by atomic mass is 16.5. The van der Waals surface area contributed by atoms with Gasteiger partial charge in [0.1, 0.15) is 11.5 Å². The van der Waals surface area contributed by atoms with Crippen molar-refractivity contribution in [3.05, 3.63) is 29.3 Å². The van der Waals surface area contributed by atoms with E-state index in [9.17, 15) is 4.79 Å². The van der Waals surface area contributed by atoms with Crippen molar-refractivity contribution in [2.75, 3.05) is 6.61 Å². The van der Waals surface area contributed by atoms with E-state index in [0.717, 1.165) is 44.3 Å². The number of nitrogens with zero attached hydrogens (tertiary/aromatic N) is 1. The van der Waals surface area contributed by atoms with Gasteiger partial charge in [-0.3, -0.25) is 4.79 Å². The molecule has 0 radical (unpaired) electrons. The normalized spacial score (nSPS) is 33.1. The van der Waals surface area contributed by atoms with Crippen LogP contribution < -0.4 is 4.74 Å². The van der Waals surface area contributed by atoms with E-state index in [0.29, 0.717) is 36.6 Å². The molecular formula is C22H27NO2. The predicted octanol–water partition coefficient (Wildman–Crippen LogP) is 4.79. The average molecular weight is 337 g/mol. The molecule has 3 heteroatoms. The maximum absolute atomic E-state index is 12.4. The first kappa shape index (κ1) is 16.6. The molecule has 3 nitrogen and oxygen atoms in total. The molecule has 0 unspecified atom stereocenters. The van der Waals surface area contributed by atoms with Crippen LogP contribution in [0, 0.1) is 28.6 Å². The molecular weight excluding hydrogens is 310 g/mol. The van der Waals surface area contributed by atoms with E-state index in [1.54, 1.807) is 0 Å². The summed E-state index contributed by atoms with van der Waals surface area (Å²) in [6.45, 7) is 2.85. The van der Waals surface area contributed by atoms with Crippen LogP contribution in [0.4, 0.5) is 0 Å². The molecule has 3 aliphatic carbocycles.